The van der Waals surface area contributed by atoms with Crippen LogP contribution in [-0.4, -0.2) is 56.3 Å². The third-order valence-corrected chi connectivity index (χ3v) is 7.34. The molecule has 6 rings (SSSR count). The Kier molecular flexibility index (Phi) is 6.24. The molecule has 1 atom stereocenters. The zero-order chi connectivity index (χ0) is 26.2. The maximum absolute atomic E-state index is 14.5. The number of aryl methyl sites for hydroxylation is 2. The van der Waals surface area contributed by atoms with Gasteiger partial charge in [-0.25, -0.2) is 9.07 Å². The first-order valence-electron chi connectivity index (χ1n) is 12.6. The number of benzene rings is 2. The van der Waals surface area contributed by atoms with Gasteiger partial charge in [0.2, 0.25) is 0 Å². The van der Waals surface area contributed by atoms with Crippen LogP contribution in [0.2, 0.25) is 0 Å². The molecule has 1 fully saturated rings. The summed E-state index contributed by atoms with van der Waals surface area (Å²) in [6.07, 6.45) is 1.61. The molecule has 0 saturated carbocycles. The van der Waals surface area contributed by atoms with Crippen molar-refractivity contribution >= 4 is 16.6 Å². The Morgan fingerprint density at radius 1 is 1.03 bits per heavy atom. The highest BCUT2D eigenvalue weighted by Gasteiger charge is 2.33. The van der Waals surface area contributed by atoms with Crippen LogP contribution < -0.4 is 10.5 Å². The molecule has 9 nitrogen and oxygen atoms in total. The molecule has 1 aliphatic rings. The van der Waals surface area contributed by atoms with Crippen molar-refractivity contribution in [2.24, 2.45) is 0 Å². The minimum absolute atomic E-state index is 0.185. The highest BCUT2D eigenvalue weighted by Crippen LogP contribution is 2.30. The average molecular weight is 514 g/mol. The molecule has 0 bridgehead atoms. The second-order valence-electron chi connectivity index (χ2n) is 9.73. The quantitative estimate of drug-likeness (QED) is 0.369. The molecule has 5 aromatic rings. The van der Waals surface area contributed by atoms with E-state index in [-0.39, 0.29) is 11.4 Å². The average Bonchev–Trinajstić information content (AvgIpc) is 3.60. The molecule has 2 aromatic carbocycles. The van der Waals surface area contributed by atoms with Crippen LogP contribution in [0.15, 0.2) is 70.1 Å². The van der Waals surface area contributed by atoms with E-state index in [0.29, 0.717) is 55.6 Å². The summed E-state index contributed by atoms with van der Waals surface area (Å²) in [5.74, 6) is 1.02. The van der Waals surface area contributed by atoms with Crippen molar-refractivity contribution in [2.45, 2.75) is 26.4 Å². The standard InChI is InChI=1S/C28H28FN7O2/c1-18-14-20-16-22(28(37)30-24(20)15-19(18)2)26(27-31-32-33-36(27)17-21-6-5-13-38-21)35-11-9-34(10-12-35)25-8-4-3-7-23(25)29/h3-8,13-16,26H,9-12,17H2,1-2H3,(H,30,37). The van der Waals surface area contributed by atoms with Gasteiger partial charge in [-0.05, 0) is 83.3 Å². The van der Waals surface area contributed by atoms with Gasteiger partial charge >= 0.3 is 0 Å². The zero-order valence-corrected chi connectivity index (χ0v) is 21.3. The fourth-order valence-electron chi connectivity index (χ4n) is 5.20. The Morgan fingerprint density at radius 3 is 2.58 bits per heavy atom. The van der Waals surface area contributed by atoms with E-state index in [2.05, 4.69) is 38.4 Å². The van der Waals surface area contributed by atoms with E-state index in [1.54, 1.807) is 23.1 Å². The number of hydrogen-bond donors (Lipinski definition) is 1. The zero-order valence-electron chi connectivity index (χ0n) is 21.3. The first-order valence-corrected chi connectivity index (χ1v) is 12.6. The van der Waals surface area contributed by atoms with Crippen molar-refractivity contribution in [3.05, 3.63) is 105 Å². The summed E-state index contributed by atoms with van der Waals surface area (Å²) in [5, 5.41) is 13.5. The molecule has 0 spiro atoms. The van der Waals surface area contributed by atoms with Crippen molar-refractivity contribution in [2.75, 3.05) is 31.1 Å². The number of piperazine rings is 1. The van der Waals surface area contributed by atoms with Crippen LogP contribution in [0, 0.1) is 19.7 Å². The number of nitrogens with one attached hydrogen (secondary N) is 1. The molecular weight excluding hydrogens is 485 g/mol. The van der Waals surface area contributed by atoms with E-state index in [9.17, 15) is 9.18 Å². The summed E-state index contributed by atoms with van der Waals surface area (Å²) >= 11 is 0. The van der Waals surface area contributed by atoms with Crippen molar-refractivity contribution in [1.82, 2.24) is 30.1 Å². The third-order valence-electron chi connectivity index (χ3n) is 7.34. The Bertz CT molecular complexity index is 1640. The van der Waals surface area contributed by atoms with Gasteiger partial charge in [0, 0.05) is 37.3 Å². The van der Waals surface area contributed by atoms with Crippen LogP contribution >= 0.6 is 0 Å². The normalized spacial score (nSPS) is 15.3. The molecule has 194 valence electrons. The monoisotopic (exact) mass is 513 g/mol. The number of para-hydroxylation sites is 1. The molecule has 1 N–H and O–H groups in total. The van der Waals surface area contributed by atoms with Crippen molar-refractivity contribution in [3.63, 3.8) is 0 Å². The SMILES string of the molecule is Cc1cc2cc(C(c3nnnn3Cc3ccco3)N3CCN(c4ccccc4F)CC3)c(=O)[nH]c2cc1C. The van der Waals surface area contributed by atoms with Gasteiger partial charge < -0.3 is 14.3 Å². The lowest BCUT2D eigenvalue weighted by Crippen LogP contribution is -2.49. The van der Waals surface area contributed by atoms with E-state index >= 15 is 0 Å². The van der Waals surface area contributed by atoms with Gasteiger partial charge in [0.15, 0.2) is 5.82 Å². The number of anilines is 1. The largest absolute Gasteiger partial charge is 0.467 e. The molecule has 1 saturated heterocycles. The first kappa shape index (κ1) is 24.1. The van der Waals surface area contributed by atoms with Gasteiger partial charge in [0.1, 0.15) is 24.2 Å². The fraction of sp³-hybridized carbons (Fsp3) is 0.286. The predicted octanol–water partition coefficient (Wildman–Crippen LogP) is 3.82. The fourth-order valence-corrected chi connectivity index (χ4v) is 5.20. The van der Waals surface area contributed by atoms with Crippen LogP contribution in [0.4, 0.5) is 10.1 Å². The maximum atomic E-state index is 14.5. The van der Waals surface area contributed by atoms with Crippen LogP contribution in [-0.2, 0) is 6.54 Å². The second-order valence-corrected chi connectivity index (χ2v) is 9.73. The number of rotatable bonds is 6. The Morgan fingerprint density at radius 2 is 1.82 bits per heavy atom. The van der Waals surface area contributed by atoms with E-state index in [4.69, 9.17) is 4.42 Å². The van der Waals surface area contributed by atoms with Crippen LogP contribution in [0.3, 0.4) is 0 Å². The lowest BCUT2D eigenvalue weighted by molar-refractivity contribution is 0.199. The van der Waals surface area contributed by atoms with Gasteiger partial charge in [0.25, 0.3) is 5.56 Å². The van der Waals surface area contributed by atoms with Crippen molar-refractivity contribution in [3.8, 4) is 0 Å². The van der Waals surface area contributed by atoms with Crippen molar-refractivity contribution in [1.29, 1.82) is 0 Å². The number of fused-ring (bicyclic) bond motifs is 1. The lowest BCUT2D eigenvalue weighted by Gasteiger charge is -2.39. The summed E-state index contributed by atoms with van der Waals surface area (Å²) < 4.78 is 21.7. The molecule has 1 aliphatic heterocycles. The van der Waals surface area contributed by atoms with Crippen molar-refractivity contribution < 1.29 is 8.81 Å². The summed E-state index contributed by atoms with van der Waals surface area (Å²) in [4.78, 5) is 20.8. The van der Waals surface area contributed by atoms with Crippen LogP contribution in [0.5, 0.6) is 0 Å². The third kappa shape index (κ3) is 4.47. The molecule has 4 heterocycles. The number of hydrogen-bond acceptors (Lipinski definition) is 7. The highest BCUT2D eigenvalue weighted by molar-refractivity contribution is 5.81. The summed E-state index contributed by atoms with van der Waals surface area (Å²) in [6, 6.07) is 16.0. The van der Waals surface area contributed by atoms with E-state index in [0.717, 1.165) is 22.0 Å². The number of furan rings is 1. The smallest absolute Gasteiger partial charge is 0.253 e. The Balaban J connectivity index is 1.40. The van der Waals surface area contributed by atoms with Crippen LogP contribution in [0.25, 0.3) is 10.9 Å². The number of halogens is 1. The number of nitrogens with zero attached hydrogens (tertiary/aromatic N) is 6. The number of aromatic nitrogens is 5. The lowest BCUT2D eigenvalue weighted by atomic mass is 10.00. The minimum atomic E-state index is -0.502. The van der Waals surface area contributed by atoms with E-state index in [1.807, 2.05) is 42.2 Å². The maximum Gasteiger partial charge on any atom is 0.253 e. The van der Waals surface area contributed by atoms with Gasteiger partial charge in [-0.3, -0.25) is 9.69 Å². The van der Waals surface area contributed by atoms with Gasteiger partial charge in [0.05, 0.1) is 12.0 Å². The number of tetrazole rings is 1. The summed E-state index contributed by atoms with van der Waals surface area (Å²) in [7, 11) is 0. The molecule has 10 heteroatoms. The van der Waals surface area contributed by atoms with E-state index < -0.39 is 6.04 Å². The van der Waals surface area contributed by atoms with Gasteiger partial charge in [-0.15, -0.1) is 5.10 Å². The molecule has 38 heavy (non-hydrogen) atoms. The molecule has 0 amide bonds. The number of H-pyrrole nitrogens is 1. The second kappa shape index (κ2) is 9.86. The minimum Gasteiger partial charge on any atom is -0.467 e. The van der Waals surface area contributed by atoms with Gasteiger partial charge in [-0.2, -0.15) is 0 Å². The van der Waals surface area contributed by atoms with E-state index in [1.165, 1.54) is 6.07 Å². The molecule has 0 aliphatic carbocycles. The number of pyridine rings is 1. The molecule has 3 aromatic heterocycles. The Labute approximate surface area is 218 Å². The van der Waals surface area contributed by atoms with Gasteiger partial charge in [-0.1, -0.05) is 12.1 Å². The predicted molar refractivity (Wildman–Crippen MR) is 142 cm³/mol. The summed E-state index contributed by atoms with van der Waals surface area (Å²) in [5.41, 5.74) is 4.02. The molecule has 0 radical (unpaired) electrons. The highest BCUT2D eigenvalue weighted by atomic mass is 19.1. The topological polar surface area (TPSA) is 96.1 Å². The molecular formula is C28H28FN7O2. The number of aromatic amines is 1. The summed E-state index contributed by atoms with van der Waals surface area (Å²) in [6.45, 7) is 6.81. The van der Waals surface area contributed by atoms with Crippen LogP contribution in [0.1, 0.15) is 34.3 Å². The molecule has 1 unspecified atom stereocenters. The first-order chi connectivity index (χ1) is 18.5. The Hall–Kier alpha value is -4.31.